The fourth-order valence-electron chi connectivity index (χ4n) is 3.38. The molecule has 0 saturated carbocycles. The Labute approximate surface area is 208 Å². The van der Waals surface area contributed by atoms with Gasteiger partial charge in [0, 0.05) is 17.1 Å². The summed E-state index contributed by atoms with van der Waals surface area (Å²) in [5.41, 5.74) is 2.56. The van der Waals surface area contributed by atoms with Gasteiger partial charge in [0.05, 0.1) is 11.9 Å². The number of halogens is 1. The second-order valence-corrected chi connectivity index (χ2v) is 11.9. The number of sulfonamides is 1. The van der Waals surface area contributed by atoms with Crippen LogP contribution in [-0.4, -0.2) is 49.5 Å². The first-order valence-electron chi connectivity index (χ1n) is 11.0. The van der Waals surface area contributed by atoms with Crippen molar-refractivity contribution >= 4 is 39.1 Å². The topological polar surface area (TPSA) is 86.8 Å². The molecule has 0 unspecified atom stereocenters. The van der Waals surface area contributed by atoms with Crippen LogP contribution in [0.3, 0.4) is 0 Å². The Balaban J connectivity index is 2.43. The van der Waals surface area contributed by atoms with Crippen LogP contribution >= 0.6 is 11.6 Å². The van der Waals surface area contributed by atoms with Gasteiger partial charge in [-0.1, -0.05) is 29.8 Å². The van der Waals surface area contributed by atoms with Crippen molar-refractivity contribution in [1.82, 2.24) is 10.2 Å². The number of nitrogens with one attached hydrogen (secondary N) is 1. The van der Waals surface area contributed by atoms with Crippen LogP contribution in [0.1, 0.15) is 44.4 Å². The average Bonchev–Trinajstić information content (AvgIpc) is 2.69. The molecule has 2 rings (SSSR count). The number of aryl methyl sites for hydroxylation is 2. The van der Waals surface area contributed by atoms with Crippen molar-refractivity contribution in [1.29, 1.82) is 0 Å². The van der Waals surface area contributed by atoms with Gasteiger partial charge in [-0.3, -0.25) is 13.9 Å². The van der Waals surface area contributed by atoms with Crippen LogP contribution < -0.4 is 9.62 Å². The van der Waals surface area contributed by atoms with Crippen molar-refractivity contribution in [2.75, 3.05) is 17.1 Å². The number of hydrogen-bond donors (Lipinski definition) is 1. The van der Waals surface area contributed by atoms with E-state index in [-0.39, 0.29) is 12.5 Å². The Morgan fingerprint density at radius 3 is 2.24 bits per heavy atom. The maximum Gasteiger partial charge on any atom is 0.244 e. The third-order valence-corrected chi connectivity index (χ3v) is 6.74. The highest BCUT2D eigenvalue weighted by molar-refractivity contribution is 7.92. The summed E-state index contributed by atoms with van der Waals surface area (Å²) in [5.74, 6) is -0.833. The van der Waals surface area contributed by atoms with Gasteiger partial charge in [-0.15, -0.1) is 0 Å². The first-order valence-corrected chi connectivity index (χ1v) is 13.2. The number of carbonyl (C=O) groups is 2. The van der Waals surface area contributed by atoms with Crippen molar-refractivity contribution in [3.05, 3.63) is 64.2 Å². The van der Waals surface area contributed by atoms with Gasteiger partial charge in [0.1, 0.15) is 12.6 Å². The molecule has 2 aromatic carbocycles. The number of amides is 2. The summed E-state index contributed by atoms with van der Waals surface area (Å²) in [6.45, 7) is 10.7. The molecule has 0 radical (unpaired) electrons. The lowest BCUT2D eigenvalue weighted by atomic mass is 10.1. The summed E-state index contributed by atoms with van der Waals surface area (Å²) in [4.78, 5) is 27.8. The van der Waals surface area contributed by atoms with Crippen molar-refractivity contribution in [3.8, 4) is 0 Å². The Morgan fingerprint density at radius 2 is 1.71 bits per heavy atom. The zero-order valence-electron chi connectivity index (χ0n) is 20.8. The van der Waals surface area contributed by atoms with Gasteiger partial charge in [0.15, 0.2) is 0 Å². The Bertz CT molecular complexity index is 1160. The van der Waals surface area contributed by atoms with Crippen molar-refractivity contribution in [3.63, 3.8) is 0 Å². The second-order valence-electron chi connectivity index (χ2n) is 9.60. The molecule has 7 nitrogen and oxygen atoms in total. The van der Waals surface area contributed by atoms with E-state index in [4.69, 9.17) is 11.6 Å². The minimum atomic E-state index is -3.77. The Kier molecular flexibility index (Phi) is 8.77. The fourth-order valence-corrected chi connectivity index (χ4v) is 4.44. The Morgan fingerprint density at radius 1 is 1.06 bits per heavy atom. The molecule has 0 fully saturated rings. The predicted octanol–water partition coefficient (Wildman–Crippen LogP) is 4.05. The zero-order chi connectivity index (χ0) is 25.8. The van der Waals surface area contributed by atoms with E-state index in [1.807, 2.05) is 40.7 Å². The van der Waals surface area contributed by atoms with Gasteiger partial charge in [0.2, 0.25) is 21.8 Å². The molecule has 0 heterocycles. The maximum absolute atomic E-state index is 13.5. The summed E-state index contributed by atoms with van der Waals surface area (Å²) in [6.07, 6.45) is 1.06. The third kappa shape index (κ3) is 7.74. The summed E-state index contributed by atoms with van der Waals surface area (Å²) in [7, 11) is -3.77. The number of nitrogens with zero attached hydrogens (tertiary/aromatic N) is 2. The third-order valence-electron chi connectivity index (χ3n) is 5.37. The van der Waals surface area contributed by atoms with E-state index >= 15 is 0 Å². The molecule has 0 spiro atoms. The first kappa shape index (κ1) is 27.7. The molecule has 0 aliphatic rings. The molecular weight excluding hydrogens is 474 g/mol. The minimum Gasteiger partial charge on any atom is -0.350 e. The summed E-state index contributed by atoms with van der Waals surface area (Å²) < 4.78 is 26.3. The van der Waals surface area contributed by atoms with Crippen LogP contribution in [0.15, 0.2) is 42.5 Å². The zero-order valence-corrected chi connectivity index (χ0v) is 22.4. The molecule has 2 aromatic rings. The highest BCUT2D eigenvalue weighted by Gasteiger charge is 2.31. The monoisotopic (exact) mass is 507 g/mol. The average molecular weight is 508 g/mol. The van der Waals surface area contributed by atoms with Crippen LogP contribution in [-0.2, 0) is 26.2 Å². The first-order chi connectivity index (χ1) is 15.6. The molecule has 0 saturated heterocycles. The van der Waals surface area contributed by atoms with Crippen molar-refractivity contribution in [2.24, 2.45) is 0 Å². The lowest BCUT2D eigenvalue weighted by molar-refractivity contribution is -0.140. The molecule has 0 bridgehead atoms. The molecule has 1 N–H and O–H groups in total. The van der Waals surface area contributed by atoms with E-state index in [9.17, 15) is 18.0 Å². The smallest absolute Gasteiger partial charge is 0.244 e. The highest BCUT2D eigenvalue weighted by atomic mass is 35.5. The van der Waals surface area contributed by atoms with E-state index in [0.717, 1.165) is 27.3 Å². The van der Waals surface area contributed by atoms with Crippen LogP contribution in [0.25, 0.3) is 0 Å². The van der Waals surface area contributed by atoms with Crippen molar-refractivity contribution in [2.45, 2.75) is 59.7 Å². The lowest BCUT2D eigenvalue weighted by Crippen LogP contribution is -2.54. The summed E-state index contributed by atoms with van der Waals surface area (Å²) >= 11 is 6.12. The van der Waals surface area contributed by atoms with E-state index in [1.54, 1.807) is 43.3 Å². The molecule has 0 aromatic heterocycles. The number of hydrogen-bond acceptors (Lipinski definition) is 4. The van der Waals surface area contributed by atoms with Crippen LogP contribution in [0.4, 0.5) is 5.69 Å². The number of benzene rings is 2. The Hall–Kier alpha value is -2.58. The van der Waals surface area contributed by atoms with Gasteiger partial charge < -0.3 is 10.2 Å². The second kappa shape index (κ2) is 10.8. The maximum atomic E-state index is 13.5. The van der Waals surface area contributed by atoms with E-state index < -0.39 is 34.1 Å². The predicted molar refractivity (Wildman–Crippen MR) is 137 cm³/mol. The van der Waals surface area contributed by atoms with Gasteiger partial charge in [-0.2, -0.15) is 0 Å². The van der Waals surface area contributed by atoms with Crippen LogP contribution in [0, 0.1) is 13.8 Å². The fraction of sp³-hybridized carbons (Fsp3) is 0.440. The molecular formula is C25H34ClN3O4S. The molecule has 0 aliphatic heterocycles. The van der Waals surface area contributed by atoms with E-state index in [0.29, 0.717) is 10.7 Å². The molecule has 186 valence electrons. The van der Waals surface area contributed by atoms with E-state index in [1.165, 1.54) is 4.90 Å². The highest BCUT2D eigenvalue weighted by Crippen LogP contribution is 2.22. The number of carbonyl (C=O) groups excluding carboxylic acids is 2. The normalized spacial score (nSPS) is 12.7. The van der Waals surface area contributed by atoms with Gasteiger partial charge in [-0.05, 0) is 82.5 Å². The summed E-state index contributed by atoms with van der Waals surface area (Å²) in [6, 6.07) is 11.4. The van der Waals surface area contributed by atoms with E-state index in [2.05, 4.69) is 5.32 Å². The minimum absolute atomic E-state index is 0.0999. The number of anilines is 1. The van der Waals surface area contributed by atoms with Crippen molar-refractivity contribution < 1.29 is 18.0 Å². The molecule has 0 aliphatic carbocycles. The van der Waals surface area contributed by atoms with Crippen LogP contribution in [0.2, 0.25) is 5.02 Å². The van der Waals surface area contributed by atoms with Gasteiger partial charge >= 0.3 is 0 Å². The quantitative estimate of drug-likeness (QED) is 0.583. The standard InChI is InChI=1S/C25H34ClN3O4S/c1-17-11-12-22(13-18(17)2)29(34(7,32)33)16-23(30)28(15-20-9-8-10-21(26)14-20)19(3)24(31)27-25(4,5)6/h8-14,19H,15-16H2,1-7H3,(H,27,31)/t19-/m0/s1. The SMILES string of the molecule is Cc1ccc(N(CC(=O)N(Cc2cccc(Cl)c2)[C@@H](C)C(=O)NC(C)(C)C)S(C)(=O)=O)cc1C. The van der Waals surface area contributed by atoms with Crippen LogP contribution in [0.5, 0.6) is 0 Å². The molecule has 34 heavy (non-hydrogen) atoms. The molecule has 1 atom stereocenters. The molecule has 2 amide bonds. The van der Waals surface area contributed by atoms with Gasteiger partial charge in [0.25, 0.3) is 0 Å². The largest absolute Gasteiger partial charge is 0.350 e. The number of rotatable bonds is 8. The van der Waals surface area contributed by atoms with Gasteiger partial charge in [-0.25, -0.2) is 8.42 Å². The molecule has 9 heteroatoms. The lowest BCUT2D eigenvalue weighted by Gasteiger charge is -2.33. The summed E-state index contributed by atoms with van der Waals surface area (Å²) in [5, 5.41) is 3.39.